The Labute approximate surface area is 168 Å². The molecule has 1 aliphatic heterocycles. The summed E-state index contributed by atoms with van der Waals surface area (Å²) in [6, 6.07) is 4.82. The Morgan fingerprint density at radius 3 is 2.38 bits per heavy atom. The molecule has 2 amide bonds. The van der Waals surface area contributed by atoms with Gasteiger partial charge in [0.2, 0.25) is 11.8 Å². The fourth-order valence-electron chi connectivity index (χ4n) is 3.90. The number of imide groups is 1. The Morgan fingerprint density at radius 2 is 1.83 bits per heavy atom. The molecule has 1 heterocycles. The van der Waals surface area contributed by atoms with Crippen LogP contribution < -0.4 is 0 Å². The van der Waals surface area contributed by atoms with Gasteiger partial charge in [-0.1, -0.05) is 38.1 Å². The first kappa shape index (κ1) is 20.7. The zero-order valence-corrected chi connectivity index (χ0v) is 16.4. The number of benzene rings is 1. The van der Waals surface area contributed by atoms with Gasteiger partial charge >= 0.3 is 5.97 Å². The number of rotatable bonds is 7. The van der Waals surface area contributed by atoms with Crippen molar-refractivity contribution in [1.82, 2.24) is 4.90 Å². The molecule has 0 N–H and O–H groups in total. The first-order valence-corrected chi connectivity index (χ1v) is 9.71. The van der Waals surface area contributed by atoms with Crippen LogP contribution in [0.25, 0.3) is 0 Å². The Kier molecular flexibility index (Phi) is 6.10. The van der Waals surface area contributed by atoms with E-state index in [1.165, 1.54) is 18.2 Å². The number of hydrogen-bond donors (Lipinski definition) is 0. The number of fused-ring (bicyclic) bond motifs is 1. The number of hydrogen-bond acceptors (Lipinski definition) is 6. The van der Waals surface area contributed by atoms with Crippen LogP contribution in [0, 0.1) is 27.9 Å². The number of nitro groups is 1. The van der Waals surface area contributed by atoms with Crippen molar-refractivity contribution in [2.24, 2.45) is 17.8 Å². The lowest BCUT2D eigenvalue weighted by Gasteiger charge is -2.26. The van der Waals surface area contributed by atoms with Gasteiger partial charge in [-0.2, -0.15) is 0 Å². The molecule has 0 spiro atoms. The minimum atomic E-state index is -0.987. The molecule has 29 heavy (non-hydrogen) atoms. The molecule has 0 bridgehead atoms. The van der Waals surface area contributed by atoms with Crippen molar-refractivity contribution < 1.29 is 24.0 Å². The van der Waals surface area contributed by atoms with Gasteiger partial charge in [0.05, 0.1) is 16.8 Å². The number of esters is 1. The van der Waals surface area contributed by atoms with Crippen molar-refractivity contribution in [3.63, 3.8) is 0 Å². The summed E-state index contributed by atoms with van der Waals surface area (Å²) in [7, 11) is 0. The van der Waals surface area contributed by atoms with Crippen LogP contribution in [-0.2, 0) is 25.7 Å². The number of allylic oxidation sites excluding steroid dienone is 2. The van der Waals surface area contributed by atoms with E-state index in [0.29, 0.717) is 24.8 Å². The number of carbonyl (C=O) groups excluding carboxylic acids is 3. The van der Waals surface area contributed by atoms with E-state index < -0.39 is 28.8 Å². The van der Waals surface area contributed by atoms with Crippen LogP contribution in [0.4, 0.5) is 5.69 Å². The fraction of sp³-hybridized carbons (Fsp3) is 0.476. The predicted molar refractivity (Wildman–Crippen MR) is 103 cm³/mol. The van der Waals surface area contributed by atoms with E-state index in [4.69, 9.17) is 4.74 Å². The first-order valence-electron chi connectivity index (χ1n) is 9.71. The molecule has 2 aliphatic rings. The van der Waals surface area contributed by atoms with Gasteiger partial charge in [0.1, 0.15) is 12.6 Å². The van der Waals surface area contributed by atoms with Crippen molar-refractivity contribution in [1.29, 1.82) is 0 Å². The highest BCUT2D eigenvalue weighted by molar-refractivity contribution is 6.08. The van der Waals surface area contributed by atoms with Gasteiger partial charge in [-0.3, -0.25) is 24.6 Å². The lowest BCUT2D eigenvalue weighted by Crippen LogP contribution is -2.47. The fourth-order valence-corrected chi connectivity index (χ4v) is 3.90. The Balaban J connectivity index is 1.75. The van der Waals surface area contributed by atoms with Gasteiger partial charge in [0.15, 0.2) is 0 Å². The predicted octanol–water partition coefficient (Wildman–Crippen LogP) is 3.00. The Bertz CT molecular complexity index is 836. The highest BCUT2D eigenvalue weighted by Gasteiger charge is 2.51. The third-order valence-electron chi connectivity index (χ3n) is 5.32. The maximum atomic E-state index is 12.9. The molecule has 3 rings (SSSR count). The van der Waals surface area contributed by atoms with Crippen molar-refractivity contribution in [3.05, 3.63) is 52.1 Å². The van der Waals surface area contributed by atoms with Gasteiger partial charge in [-0.25, -0.2) is 4.79 Å². The summed E-state index contributed by atoms with van der Waals surface area (Å²) >= 11 is 0. The van der Waals surface area contributed by atoms with Crippen LogP contribution in [0.2, 0.25) is 0 Å². The molecule has 0 saturated carbocycles. The maximum Gasteiger partial charge on any atom is 0.329 e. The van der Waals surface area contributed by atoms with Gasteiger partial charge in [-0.15, -0.1) is 0 Å². The van der Waals surface area contributed by atoms with E-state index in [9.17, 15) is 24.5 Å². The van der Waals surface area contributed by atoms with E-state index in [2.05, 4.69) is 0 Å². The molecule has 0 aromatic heterocycles. The average Bonchev–Trinajstić information content (AvgIpc) is 2.95. The van der Waals surface area contributed by atoms with Crippen LogP contribution in [0.5, 0.6) is 0 Å². The molecule has 1 aromatic rings. The molecule has 0 radical (unpaired) electrons. The largest absolute Gasteiger partial charge is 0.459 e. The van der Waals surface area contributed by atoms with E-state index in [1.807, 2.05) is 26.0 Å². The first-order chi connectivity index (χ1) is 13.8. The number of likely N-dealkylation sites (tertiary alicyclic amines) is 1. The monoisotopic (exact) mass is 400 g/mol. The second kappa shape index (κ2) is 8.55. The van der Waals surface area contributed by atoms with E-state index >= 15 is 0 Å². The molecule has 8 nitrogen and oxygen atoms in total. The number of carbonyl (C=O) groups is 3. The van der Waals surface area contributed by atoms with Crippen LogP contribution in [0.15, 0.2) is 36.4 Å². The van der Waals surface area contributed by atoms with Gasteiger partial charge in [0, 0.05) is 12.1 Å². The van der Waals surface area contributed by atoms with Crippen LogP contribution in [0.3, 0.4) is 0 Å². The standard InChI is InChI=1S/C21H24N2O6/c1-13(2)10-18(22-19(24)16-8-3-4-9-17(16)20(22)25)21(26)29-12-14-6-5-7-15(11-14)23(27)28/h3-7,11,13,16-18H,8-10,12H2,1-2H3/t16-,17-,18-/m1/s1. The molecule has 8 heteroatoms. The van der Waals surface area contributed by atoms with Crippen molar-refractivity contribution in [2.75, 3.05) is 0 Å². The highest BCUT2D eigenvalue weighted by atomic mass is 16.6. The summed E-state index contributed by atoms with van der Waals surface area (Å²) in [5.74, 6) is -2.06. The van der Waals surface area contributed by atoms with Crippen molar-refractivity contribution in [2.45, 2.75) is 45.8 Å². The summed E-state index contributed by atoms with van der Waals surface area (Å²) in [4.78, 5) is 50.0. The summed E-state index contributed by atoms with van der Waals surface area (Å²) in [6.07, 6.45) is 5.10. The minimum Gasteiger partial charge on any atom is -0.459 e. The second-order valence-electron chi connectivity index (χ2n) is 7.88. The molecule has 1 aromatic carbocycles. The number of ether oxygens (including phenoxy) is 1. The summed E-state index contributed by atoms with van der Waals surface area (Å²) in [6.45, 7) is 3.64. The van der Waals surface area contributed by atoms with Crippen LogP contribution in [-0.4, -0.2) is 33.6 Å². The molecule has 1 aliphatic carbocycles. The van der Waals surface area contributed by atoms with Crippen LogP contribution in [0.1, 0.15) is 38.7 Å². The summed E-state index contributed by atoms with van der Waals surface area (Å²) in [5.41, 5.74) is 0.367. The zero-order chi connectivity index (χ0) is 21.1. The molecule has 1 saturated heterocycles. The van der Waals surface area contributed by atoms with Gasteiger partial charge < -0.3 is 4.74 Å². The van der Waals surface area contributed by atoms with Crippen molar-refractivity contribution >= 4 is 23.5 Å². The number of nitro benzene ring substituents is 1. The second-order valence-corrected chi connectivity index (χ2v) is 7.88. The zero-order valence-electron chi connectivity index (χ0n) is 16.4. The van der Waals surface area contributed by atoms with Gasteiger partial charge in [-0.05, 0) is 30.7 Å². The molecule has 1 fully saturated rings. The number of nitrogens with zero attached hydrogens (tertiary/aromatic N) is 2. The lowest BCUT2D eigenvalue weighted by molar-refractivity contribution is -0.384. The molecular formula is C21H24N2O6. The minimum absolute atomic E-state index is 0.0618. The molecule has 0 unspecified atom stereocenters. The topological polar surface area (TPSA) is 107 Å². The smallest absolute Gasteiger partial charge is 0.329 e. The summed E-state index contributed by atoms with van der Waals surface area (Å²) < 4.78 is 5.37. The Morgan fingerprint density at radius 1 is 1.21 bits per heavy atom. The Hall–Kier alpha value is -3.03. The third-order valence-corrected chi connectivity index (χ3v) is 5.32. The van der Waals surface area contributed by atoms with E-state index in [0.717, 1.165) is 4.90 Å². The SMILES string of the molecule is CC(C)C[C@H](C(=O)OCc1cccc([N+](=O)[O-])c1)N1C(=O)[C@@H]2CC=CC[C@H]2C1=O. The highest BCUT2D eigenvalue weighted by Crippen LogP contribution is 2.37. The quantitative estimate of drug-likeness (QED) is 0.229. The molecule has 154 valence electrons. The summed E-state index contributed by atoms with van der Waals surface area (Å²) in [5, 5.41) is 10.9. The van der Waals surface area contributed by atoms with E-state index in [1.54, 1.807) is 6.07 Å². The normalized spacial score (nSPS) is 22.0. The van der Waals surface area contributed by atoms with Crippen molar-refractivity contribution in [3.8, 4) is 0 Å². The lowest BCUT2D eigenvalue weighted by atomic mass is 9.85. The average molecular weight is 400 g/mol. The number of amides is 2. The number of non-ortho nitro benzene ring substituents is 1. The molecular weight excluding hydrogens is 376 g/mol. The van der Waals surface area contributed by atoms with Gasteiger partial charge in [0.25, 0.3) is 5.69 Å². The molecule has 3 atom stereocenters. The maximum absolute atomic E-state index is 12.9. The van der Waals surface area contributed by atoms with Crippen LogP contribution >= 0.6 is 0 Å². The third kappa shape index (κ3) is 4.36. The van der Waals surface area contributed by atoms with E-state index in [-0.39, 0.29) is 30.0 Å².